The number of aliphatic hydroxyl groups is 1. The van der Waals surface area contributed by atoms with Crippen molar-refractivity contribution in [2.45, 2.75) is 37.4 Å². The minimum Gasteiger partial charge on any atom is -0.392 e. The standard InChI is InChI=1S/C14H21NO4S/c1-2-19-13-7-9-15(10-8-13)20(17,18)14-5-3-12(11-16)4-6-14/h3-6,13,16H,2,7-11H2,1H3. The van der Waals surface area contributed by atoms with Gasteiger partial charge in [0.1, 0.15) is 0 Å². The molecule has 1 aromatic carbocycles. The number of piperidine rings is 1. The summed E-state index contributed by atoms with van der Waals surface area (Å²) in [6.45, 7) is 3.52. The molecule has 5 nitrogen and oxygen atoms in total. The largest absolute Gasteiger partial charge is 0.392 e. The van der Waals surface area contributed by atoms with Gasteiger partial charge in [-0.05, 0) is 37.5 Å². The number of aliphatic hydroxyl groups excluding tert-OH is 1. The van der Waals surface area contributed by atoms with Crippen molar-refractivity contribution in [2.75, 3.05) is 19.7 Å². The van der Waals surface area contributed by atoms with Crippen molar-refractivity contribution in [3.05, 3.63) is 29.8 Å². The monoisotopic (exact) mass is 299 g/mol. The average molecular weight is 299 g/mol. The van der Waals surface area contributed by atoms with Crippen LogP contribution < -0.4 is 0 Å². The van der Waals surface area contributed by atoms with E-state index in [1.165, 1.54) is 4.31 Å². The molecule has 20 heavy (non-hydrogen) atoms. The summed E-state index contributed by atoms with van der Waals surface area (Å²) < 4.78 is 32.0. The van der Waals surface area contributed by atoms with Gasteiger partial charge < -0.3 is 9.84 Å². The molecule has 1 aromatic rings. The van der Waals surface area contributed by atoms with Crippen molar-refractivity contribution in [1.82, 2.24) is 4.31 Å². The number of hydrogen-bond donors (Lipinski definition) is 1. The average Bonchev–Trinajstić information content (AvgIpc) is 2.48. The van der Waals surface area contributed by atoms with Crippen LogP contribution in [0.5, 0.6) is 0 Å². The molecule has 0 radical (unpaired) electrons. The van der Waals surface area contributed by atoms with Crippen LogP contribution in [0.15, 0.2) is 29.2 Å². The van der Waals surface area contributed by atoms with Crippen LogP contribution in [0.1, 0.15) is 25.3 Å². The van der Waals surface area contributed by atoms with Crippen LogP contribution in [0.2, 0.25) is 0 Å². The number of nitrogens with zero attached hydrogens (tertiary/aromatic N) is 1. The third-order valence-electron chi connectivity index (χ3n) is 3.55. The molecule has 1 aliphatic rings. The molecule has 0 bridgehead atoms. The second-order valence-corrected chi connectivity index (χ2v) is 6.80. The van der Waals surface area contributed by atoms with Gasteiger partial charge in [-0.15, -0.1) is 0 Å². The van der Waals surface area contributed by atoms with E-state index in [0.29, 0.717) is 25.3 Å². The van der Waals surface area contributed by atoms with E-state index in [9.17, 15) is 8.42 Å². The molecule has 0 amide bonds. The summed E-state index contributed by atoms with van der Waals surface area (Å²) in [4.78, 5) is 0.282. The van der Waals surface area contributed by atoms with Crippen LogP contribution in [-0.2, 0) is 21.4 Å². The Morgan fingerprint density at radius 3 is 2.35 bits per heavy atom. The van der Waals surface area contributed by atoms with Gasteiger partial charge in [0.05, 0.1) is 17.6 Å². The molecule has 0 atom stereocenters. The van der Waals surface area contributed by atoms with Gasteiger partial charge >= 0.3 is 0 Å². The molecular formula is C14H21NO4S. The molecule has 0 spiro atoms. The Morgan fingerprint density at radius 2 is 1.85 bits per heavy atom. The fourth-order valence-corrected chi connectivity index (χ4v) is 3.86. The zero-order valence-corrected chi connectivity index (χ0v) is 12.5. The fourth-order valence-electron chi connectivity index (χ4n) is 2.39. The molecule has 1 N–H and O–H groups in total. The van der Waals surface area contributed by atoms with Gasteiger partial charge in [0.25, 0.3) is 0 Å². The Bertz CT molecular complexity index is 519. The Labute approximate surface area is 120 Å². The summed E-state index contributed by atoms with van der Waals surface area (Å²) in [5.74, 6) is 0. The first-order valence-corrected chi connectivity index (χ1v) is 8.33. The van der Waals surface area contributed by atoms with Crippen LogP contribution in [0, 0.1) is 0 Å². The van der Waals surface area contributed by atoms with Crippen LogP contribution in [-0.4, -0.2) is 43.6 Å². The van der Waals surface area contributed by atoms with Crippen molar-refractivity contribution < 1.29 is 18.3 Å². The summed E-state index contributed by atoms with van der Waals surface area (Å²) in [5, 5.41) is 8.99. The first-order chi connectivity index (χ1) is 9.57. The van der Waals surface area contributed by atoms with Crippen LogP contribution >= 0.6 is 0 Å². The van der Waals surface area contributed by atoms with Crippen molar-refractivity contribution in [3.63, 3.8) is 0 Å². The van der Waals surface area contributed by atoms with E-state index in [1.807, 2.05) is 6.92 Å². The molecule has 0 unspecified atom stereocenters. The van der Waals surface area contributed by atoms with Gasteiger partial charge in [-0.3, -0.25) is 0 Å². The second-order valence-electron chi connectivity index (χ2n) is 4.86. The molecular weight excluding hydrogens is 278 g/mol. The van der Waals surface area contributed by atoms with E-state index in [4.69, 9.17) is 9.84 Å². The molecule has 2 rings (SSSR count). The van der Waals surface area contributed by atoms with E-state index < -0.39 is 10.0 Å². The fraction of sp³-hybridized carbons (Fsp3) is 0.571. The predicted molar refractivity (Wildman–Crippen MR) is 75.8 cm³/mol. The molecule has 1 aliphatic heterocycles. The second kappa shape index (κ2) is 6.67. The minimum absolute atomic E-state index is 0.0833. The Kier molecular flexibility index (Phi) is 5.15. The quantitative estimate of drug-likeness (QED) is 0.891. The van der Waals surface area contributed by atoms with E-state index >= 15 is 0 Å². The molecule has 1 saturated heterocycles. The van der Waals surface area contributed by atoms with Crippen molar-refractivity contribution >= 4 is 10.0 Å². The van der Waals surface area contributed by atoms with Crippen molar-refractivity contribution in [1.29, 1.82) is 0 Å². The summed E-state index contributed by atoms with van der Waals surface area (Å²) in [6, 6.07) is 6.38. The number of sulfonamides is 1. The van der Waals surface area contributed by atoms with Gasteiger partial charge in [0, 0.05) is 19.7 Å². The molecule has 0 aliphatic carbocycles. The summed E-state index contributed by atoms with van der Waals surface area (Å²) in [7, 11) is -3.43. The highest BCUT2D eigenvalue weighted by Crippen LogP contribution is 2.22. The molecule has 0 aromatic heterocycles. The summed E-state index contributed by atoms with van der Waals surface area (Å²) in [6.07, 6.45) is 1.65. The van der Waals surface area contributed by atoms with Crippen molar-refractivity contribution in [2.24, 2.45) is 0 Å². The number of ether oxygens (including phenoxy) is 1. The number of rotatable bonds is 5. The normalized spacial score (nSPS) is 18.3. The number of hydrogen-bond acceptors (Lipinski definition) is 4. The number of benzene rings is 1. The summed E-state index contributed by atoms with van der Waals surface area (Å²) in [5.41, 5.74) is 0.707. The smallest absolute Gasteiger partial charge is 0.243 e. The lowest BCUT2D eigenvalue weighted by Gasteiger charge is -2.31. The summed E-state index contributed by atoms with van der Waals surface area (Å²) >= 11 is 0. The van der Waals surface area contributed by atoms with Crippen molar-refractivity contribution in [3.8, 4) is 0 Å². The zero-order valence-electron chi connectivity index (χ0n) is 11.7. The Hall–Kier alpha value is -0.950. The Balaban J connectivity index is 2.07. The van der Waals surface area contributed by atoms with Gasteiger partial charge in [-0.1, -0.05) is 12.1 Å². The third-order valence-corrected chi connectivity index (χ3v) is 5.46. The molecule has 0 saturated carbocycles. The topological polar surface area (TPSA) is 66.8 Å². The van der Waals surface area contributed by atoms with E-state index in [0.717, 1.165) is 12.8 Å². The third kappa shape index (κ3) is 3.38. The maximum Gasteiger partial charge on any atom is 0.243 e. The lowest BCUT2D eigenvalue weighted by atomic mass is 10.1. The minimum atomic E-state index is -3.43. The maximum atomic E-state index is 12.5. The lowest BCUT2D eigenvalue weighted by Crippen LogP contribution is -2.40. The molecule has 1 fully saturated rings. The van der Waals surface area contributed by atoms with Gasteiger partial charge in [-0.2, -0.15) is 4.31 Å². The van der Waals surface area contributed by atoms with Gasteiger partial charge in [0.2, 0.25) is 10.0 Å². The van der Waals surface area contributed by atoms with Gasteiger partial charge in [-0.25, -0.2) is 8.42 Å². The van der Waals surface area contributed by atoms with Crippen LogP contribution in [0.25, 0.3) is 0 Å². The van der Waals surface area contributed by atoms with E-state index in [2.05, 4.69) is 0 Å². The van der Waals surface area contributed by atoms with Crippen LogP contribution in [0.4, 0.5) is 0 Å². The molecule has 6 heteroatoms. The van der Waals surface area contributed by atoms with E-state index in [1.54, 1.807) is 24.3 Å². The molecule has 112 valence electrons. The highest BCUT2D eigenvalue weighted by atomic mass is 32.2. The SMILES string of the molecule is CCOC1CCN(S(=O)(=O)c2ccc(CO)cc2)CC1. The highest BCUT2D eigenvalue weighted by molar-refractivity contribution is 7.89. The Morgan fingerprint density at radius 1 is 1.25 bits per heavy atom. The maximum absolute atomic E-state index is 12.5. The van der Waals surface area contributed by atoms with Crippen LogP contribution in [0.3, 0.4) is 0 Å². The van der Waals surface area contributed by atoms with E-state index in [-0.39, 0.29) is 17.6 Å². The lowest BCUT2D eigenvalue weighted by molar-refractivity contribution is 0.0290. The predicted octanol–water partition coefficient (Wildman–Crippen LogP) is 1.37. The first-order valence-electron chi connectivity index (χ1n) is 6.89. The highest BCUT2D eigenvalue weighted by Gasteiger charge is 2.29. The zero-order chi connectivity index (χ0) is 14.6. The van der Waals surface area contributed by atoms with Gasteiger partial charge in [0.15, 0.2) is 0 Å². The first kappa shape index (κ1) is 15.4. The molecule has 1 heterocycles.